The number of hydrogen-bond donors (Lipinski definition) is 1. The van der Waals surface area contributed by atoms with Crippen molar-refractivity contribution in [2.45, 2.75) is 0 Å². The summed E-state index contributed by atoms with van der Waals surface area (Å²) in [6, 6.07) is 17.1. The maximum Gasteiger partial charge on any atom is 0.307 e. The number of carbonyl (C=O) groups is 1. The normalized spacial score (nSPS) is 11.5. The molecule has 0 saturated heterocycles. The first-order valence-corrected chi connectivity index (χ1v) is 7.76. The summed E-state index contributed by atoms with van der Waals surface area (Å²) in [5.74, 6) is -0.163. The summed E-state index contributed by atoms with van der Waals surface area (Å²) in [5.41, 5.74) is 4.16. The summed E-state index contributed by atoms with van der Waals surface area (Å²) in [6.07, 6.45) is 5.17. The number of benzene rings is 2. The summed E-state index contributed by atoms with van der Waals surface area (Å²) < 4.78 is 6.42. The van der Waals surface area contributed by atoms with E-state index in [-0.39, 0.29) is 11.7 Å². The Labute approximate surface area is 141 Å². The summed E-state index contributed by atoms with van der Waals surface area (Å²) in [4.78, 5) is 12.0. The second kappa shape index (κ2) is 7.07. The molecule has 0 unspecified atom stereocenters. The van der Waals surface area contributed by atoms with Gasteiger partial charge in [-0.2, -0.15) is 5.10 Å². The maximum absolute atomic E-state index is 12.0. The molecular weight excluding hydrogens is 356 g/mol. The second-order valence-corrected chi connectivity index (χ2v) is 5.70. The Hall–Kier alpha value is -2.66. The van der Waals surface area contributed by atoms with Gasteiger partial charge in [-0.25, -0.2) is 5.43 Å². The fourth-order valence-corrected chi connectivity index (χ4v) is 2.42. The summed E-state index contributed by atoms with van der Waals surface area (Å²) in [6.45, 7) is 0. The molecule has 0 spiro atoms. The molecule has 4 nitrogen and oxygen atoms in total. The molecule has 114 valence electrons. The molecule has 3 rings (SSSR count). The number of hydrazone groups is 1. The molecule has 23 heavy (non-hydrogen) atoms. The topological polar surface area (TPSA) is 54.6 Å². The zero-order valence-corrected chi connectivity index (χ0v) is 13.7. The minimum absolute atomic E-state index is 0.224. The number of fused-ring (bicyclic) bond motifs is 1. The van der Waals surface area contributed by atoms with Crippen LogP contribution < -0.4 is 5.43 Å². The molecule has 1 N–H and O–H groups in total. The van der Waals surface area contributed by atoms with Crippen molar-refractivity contribution in [2.75, 3.05) is 0 Å². The van der Waals surface area contributed by atoms with Gasteiger partial charge in [-0.15, -0.1) is 0 Å². The molecule has 0 aliphatic carbocycles. The molecule has 1 amide bonds. The van der Waals surface area contributed by atoms with Crippen molar-refractivity contribution < 1.29 is 9.21 Å². The fraction of sp³-hybridized carbons (Fsp3) is 0. The molecule has 1 aromatic heterocycles. The molecule has 0 bridgehead atoms. The van der Waals surface area contributed by atoms with E-state index in [0.717, 1.165) is 15.4 Å². The highest BCUT2D eigenvalue weighted by Crippen LogP contribution is 2.23. The SMILES string of the molecule is O=C(N/N=C\C=C\c1ccccc1)c1cc2cc(Br)ccc2o1. The van der Waals surface area contributed by atoms with Crippen LogP contribution in [0.3, 0.4) is 0 Å². The van der Waals surface area contributed by atoms with Crippen LogP contribution in [-0.4, -0.2) is 12.1 Å². The average Bonchev–Trinajstić information content (AvgIpc) is 2.98. The van der Waals surface area contributed by atoms with E-state index >= 15 is 0 Å². The van der Waals surface area contributed by atoms with Gasteiger partial charge in [0.2, 0.25) is 0 Å². The lowest BCUT2D eigenvalue weighted by Crippen LogP contribution is -2.16. The van der Waals surface area contributed by atoms with Gasteiger partial charge >= 0.3 is 5.91 Å². The van der Waals surface area contributed by atoms with E-state index in [9.17, 15) is 4.79 Å². The number of allylic oxidation sites excluding steroid dienone is 1. The van der Waals surface area contributed by atoms with Gasteiger partial charge < -0.3 is 4.42 Å². The van der Waals surface area contributed by atoms with E-state index in [1.54, 1.807) is 12.1 Å². The molecular formula is C18H13BrN2O2. The number of amides is 1. The highest BCUT2D eigenvalue weighted by atomic mass is 79.9. The first kappa shape index (κ1) is 15.2. The molecule has 0 fully saturated rings. The van der Waals surface area contributed by atoms with Gasteiger partial charge in [0.25, 0.3) is 0 Å². The molecule has 2 aromatic carbocycles. The zero-order chi connectivity index (χ0) is 16.1. The lowest BCUT2D eigenvalue weighted by molar-refractivity contribution is 0.0929. The standard InChI is InChI=1S/C18H13BrN2O2/c19-15-8-9-16-14(11-15)12-17(23-16)18(22)21-20-10-4-7-13-5-2-1-3-6-13/h1-12H,(H,21,22)/b7-4+,20-10-. The van der Waals surface area contributed by atoms with Crippen LogP contribution in [0.25, 0.3) is 17.0 Å². The van der Waals surface area contributed by atoms with Crippen molar-refractivity contribution in [3.8, 4) is 0 Å². The van der Waals surface area contributed by atoms with Gasteiger partial charge in [-0.1, -0.05) is 52.3 Å². The molecule has 0 aliphatic heterocycles. The highest BCUT2D eigenvalue weighted by Gasteiger charge is 2.11. The summed E-state index contributed by atoms with van der Waals surface area (Å²) in [7, 11) is 0. The van der Waals surface area contributed by atoms with Crippen molar-refractivity contribution in [1.82, 2.24) is 5.43 Å². The quantitative estimate of drug-likeness (QED) is 0.539. The Morgan fingerprint density at radius 1 is 1.13 bits per heavy atom. The van der Waals surface area contributed by atoms with E-state index in [0.29, 0.717) is 5.58 Å². The third-order valence-corrected chi connectivity index (χ3v) is 3.61. The molecule has 0 aliphatic rings. The van der Waals surface area contributed by atoms with E-state index in [1.807, 2.05) is 54.6 Å². The maximum atomic E-state index is 12.0. The van der Waals surface area contributed by atoms with E-state index in [4.69, 9.17) is 4.42 Å². The largest absolute Gasteiger partial charge is 0.451 e. The molecule has 0 atom stereocenters. The number of rotatable bonds is 4. The van der Waals surface area contributed by atoms with Crippen LogP contribution in [0.4, 0.5) is 0 Å². The Morgan fingerprint density at radius 2 is 1.96 bits per heavy atom. The van der Waals surface area contributed by atoms with E-state index in [2.05, 4.69) is 26.5 Å². The third kappa shape index (κ3) is 3.96. The van der Waals surface area contributed by atoms with Gasteiger partial charge in [0.1, 0.15) is 5.58 Å². The Morgan fingerprint density at radius 3 is 2.78 bits per heavy atom. The molecule has 3 aromatic rings. The highest BCUT2D eigenvalue weighted by molar-refractivity contribution is 9.10. The van der Waals surface area contributed by atoms with Crippen LogP contribution in [0, 0.1) is 0 Å². The molecule has 5 heteroatoms. The van der Waals surface area contributed by atoms with Gasteiger partial charge in [-0.05, 0) is 35.9 Å². The van der Waals surface area contributed by atoms with E-state index in [1.165, 1.54) is 6.21 Å². The van der Waals surface area contributed by atoms with Crippen molar-refractivity contribution in [2.24, 2.45) is 5.10 Å². The van der Waals surface area contributed by atoms with Crippen LogP contribution in [0.15, 0.2) is 74.7 Å². The smallest absolute Gasteiger partial charge is 0.307 e. The zero-order valence-electron chi connectivity index (χ0n) is 12.1. The number of furan rings is 1. The predicted octanol–water partition coefficient (Wildman–Crippen LogP) is 4.62. The Kier molecular flexibility index (Phi) is 4.68. The van der Waals surface area contributed by atoms with Gasteiger partial charge in [0, 0.05) is 16.1 Å². The van der Waals surface area contributed by atoms with E-state index < -0.39 is 0 Å². The molecule has 0 radical (unpaired) electrons. The molecule has 0 saturated carbocycles. The molecule has 1 heterocycles. The monoisotopic (exact) mass is 368 g/mol. The first-order valence-electron chi connectivity index (χ1n) is 6.96. The summed E-state index contributed by atoms with van der Waals surface area (Å²) >= 11 is 3.38. The van der Waals surface area contributed by atoms with Crippen LogP contribution in [0.2, 0.25) is 0 Å². The minimum atomic E-state index is -0.387. The van der Waals surface area contributed by atoms with Crippen molar-refractivity contribution >= 4 is 45.1 Å². The van der Waals surface area contributed by atoms with Crippen LogP contribution in [0.5, 0.6) is 0 Å². The van der Waals surface area contributed by atoms with Gasteiger partial charge in [0.15, 0.2) is 5.76 Å². The third-order valence-electron chi connectivity index (χ3n) is 3.12. The lowest BCUT2D eigenvalue weighted by Gasteiger charge is -1.93. The number of nitrogens with zero attached hydrogens (tertiary/aromatic N) is 1. The Bertz CT molecular complexity index is 882. The van der Waals surface area contributed by atoms with Crippen molar-refractivity contribution in [3.05, 3.63) is 76.5 Å². The number of nitrogens with one attached hydrogen (secondary N) is 1. The number of halogens is 1. The Balaban J connectivity index is 1.62. The minimum Gasteiger partial charge on any atom is -0.451 e. The van der Waals surface area contributed by atoms with Crippen molar-refractivity contribution in [1.29, 1.82) is 0 Å². The average molecular weight is 369 g/mol. The predicted molar refractivity (Wildman–Crippen MR) is 95.3 cm³/mol. The second-order valence-electron chi connectivity index (χ2n) is 4.78. The van der Waals surface area contributed by atoms with Crippen LogP contribution >= 0.6 is 15.9 Å². The summed E-state index contributed by atoms with van der Waals surface area (Å²) in [5, 5.41) is 4.73. The number of hydrogen-bond acceptors (Lipinski definition) is 3. The first-order chi connectivity index (χ1) is 11.2. The van der Waals surface area contributed by atoms with Crippen LogP contribution in [-0.2, 0) is 0 Å². The number of carbonyl (C=O) groups excluding carboxylic acids is 1. The van der Waals surface area contributed by atoms with Gasteiger partial charge in [-0.3, -0.25) is 4.79 Å². The fourth-order valence-electron chi connectivity index (χ4n) is 2.04. The van der Waals surface area contributed by atoms with Crippen molar-refractivity contribution in [3.63, 3.8) is 0 Å². The van der Waals surface area contributed by atoms with Gasteiger partial charge in [0.05, 0.1) is 0 Å². The lowest BCUT2D eigenvalue weighted by atomic mass is 10.2. The van der Waals surface area contributed by atoms with Crippen LogP contribution in [0.1, 0.15) is 16.1 Å².